The third kappa shape index (κ3) is 6.66. The van der Waals surface area contributed by atoms with Crippen molar-refractivity contribution in [3.63, 3.8) is 0 Å². The number of nitrogens with zero attached hydrogens (tertiary/aromatic N) is 5. The number of rotatable bonds is 11. The quantitative estimate of drug-likeness (QED) is 0.175. The molecule has 2 aliphatic heterocycles. The molecule has 13 nitrogen and oxygen atoms in total. The van der Waals surface area contributed by atoms with Crippen LogP contribution in [0.4, 0.5) is 10.1 Å². The molecule has 2 aromatic heterocycles. The second kappa shape index (κ2) is 13.8. The van der Waals surface area contributed by atoms with Gasteiger partial charge in [0.2, 0.25) is 11.8 Å². The van der Waals surface area contributed by atoms with Crippen molar-refractivity contribution in [2.45, 2.75) is 69.7 Å². The van der Waals surface area contributed by atoms with Crippen LogP contribution in [0.2, 0.25) is 0 Å². The Morgan fingerprint density at radius 1 is 0.889 bits per heavy atom. The molecule has 1 aliphatic carbocycles. The van der Waals surface area contributed by atoms with Crippen LogP contribution >= 0.6 is 0 Å². The van der Waals surface area contributed by atoms with Gasteiger partial charge in [-0.25, -0.2) is 9.37 Å². The molecule has 54 heavy (non-hydrogen) atoms. The highest BCUT2D eigenvalue weighted by Crippen LogP contribution is 2.36. The van der Waals surface area contributed by atoms with E-state index in [9.17, 15) is 23.6 Å². The van der Waals surface area contributed by atoms with Gasteiger partial charge in [0.25, 0.3) is 11.8 Å². The smallest absolute Gasteiger partial charge is 0.262 e. The Labute approximate surface area is 309 Å². The van der Waals surface area contributed by atoms with E-state index in [0.717, 1.165) is 34.6 Å². The Balaban J connectivity index is 0.825. The minimum Gasteiger partial charge on any atom is -0.490 e. The minimum atomic E-state index is -0.996. The Morgan fingerprint density at radius 2 is 1.59 bits per heavy atom. The van der Waals surface area contributed by atoms with Crippen molar-refractivity contribution in [2.75, 3.05) is 5.32 Å². The molecule has 8 rings (SSSR count). The van der Waals surface area contributed by atoms with Gasteiger partial charge in [0.05, 0.1) is 29.2 Å². The number of anilines is 1. The van der Waals surface area contributed by atoms with Gasteiger partial charge in [-0.15, -0.1) is 5.10 Å². The second-order valence-corrected chi connectivity index (χ2v) is 14.2. The lowest BCUT2D eigenvalue weighted by molar-refractivity contribution is -0.136. The van der Waals surface area contributed by atoms with E-state index in [1.54, 1.807) is 24.3 Å². The normalized spacial score (nSPS) is 19.6. The zero-order valence-electron chi connectivity index (χ0n) is 29.5. The van der Waals surface area contributed by atoms with Crippen LogP contribution in [0.15, 0.2) is 91.3 Å². The van der Waals surface area contributed by atoms with Gasteiger partial charge in [0.15, 0.2) is 11.6 Å². The molecule has 4 heterocycles. The van der Waals surface area contributed by atoms with Crippen LogP contribution in [-0.4, -0.2) is 66.7 Å². The van der Waals surface area contributed by atoms with Gasteiger partial charge in [0, 0.05) is 36.4 Å². The van der Waals surface area contributed by atoms with Gasteiger partial charge in [-0.3, -0.25) is 29.4 Å². The van der Waals surface area contributed by atoms with Crippen LogP contribution in [0.1, 0.15) is 77.1 Å². The summed E-state index contributed by atoms with van der Waals surface area (Å²) in [4.78, 5) is 55.4. The number of imide groups is 2. The van der Waals surface area contributed by atoms with E-state index < -0.39 is 35.5 Å². The molecule has 5 aromatic rings. The maximum Gasteiger partial charge on any atom is 0.262 e. The fourth-order valence-corrected chi connectivity index (χ4v) is 7.04. The van der Waals surface area contributed by atoms with E-state index in [4.69, 9.17) is 9.47 Å². The van der Waals surface area contributed by atoms with Gasteiger partial charge in [0.1, 0.15) is 30.3 Å². The summed E-state index contributed by atoms with van der Waals surface area (Å²) in [7, 11) is 0. The van der Waals surface area contributed by atoms with Crippen molar-refractivity contribution in [1.82, 2.24) is 30.2 Å². The summed E-state index contributed by atoms with van der Waals surface area (Å²) in [6, 6.07) is 23.0. The molecule has 0 radical (unpaired) electrons. The van der Waals surface area contributed by atoms with E-state index in [-0.39, 0.29) is 54.0 Å². The fraction of sp³-hybridized carbons (Fsp3) is 0.275. The van der Waals surface area contributed by atoms with Gasteiger partial charge >= 0.3 is 0 Å². The van der Waals surface area contributed by atoms with Crippen molar-refractivity contribution >= 4 is 29.3 Å². The first-order valence-electron chi connectivity index (χ1n) is 17.7. The number of hydrogen-bond donors (Lipinski definition) is 2. The molecule has 0 spiro atoms. The number of aromatic nitrogens is 4. The lowest BCUT2D eigenvalue weighted by Crippen LogP contribution is -2.54. The fourth-order valence-electron chi connectivity index (χ4n) is 7.04. The van der Waals surface area contributed by atoms with Crippen LogP contribution in [0.5, 0.6) is 11.5 Å². The molecule has 1 saturated carbocycles. The number of carbonyl (C=O) groups is 4. The molecular formula is C40H36FN7O6. The maximum atomic E-state index is 14.3. The molecule has 1 atom stereocenters. The largest absolute Gasteiger partial charge is 0.490 e. The zero-order valence-corrected chi connectivity index (χ0v) is 29.5. The van der Waals surface area contributed by atoms with E-state index in [2.05, 4.69) is 51.9 Å². The molecule has 1 saturated heterocycles. The summed E-state index contributed by atoms with van der Waals surface area (Å²) in [5.41, 5.74) is 3.68. The summed E-state index contributed by atoms with van der Waals surface area (Å²) in [6.07, 6.45) is 4.71. The Kier molecular flexibility index (Phi) is 8.88. The Morgan fingerprint density at radius 3 is 2.28 bits per heavy atom. The molecule has 14 heteroatoms. The van der Waals surface area contributed by atoms with E-state index in [1.807, 2.05) is 36.4 Å². The number of hydrogen-bond acceptors (Lipinski definition) is 10. The molecule has 2 N–H and O–H groups in total. The lowest BCUT2D eigenvalue weighted by atomic mass is 9.78. The number of benzene rings is 3. The highest BCUT2D eigenvalue weighted by Gasteiger charge is 2.45. The molecule has 4 amide bonds. The average Bonchev–Trinajstić information content (AvgIpc) is 3.77. The van der Waals surface area contributed by atoms with Crippen molar-refractivity contribution in [1.29, 1.82) is 0 Å². The van der Waals surface area contributed by atoms with E-state index in [0.29, 0.717) is 17.1 Å². The first kappa shape index (κ1) is 34.6. The minimum absolute atomic E-state index is 0.0221. The number of ether oxygens (including phenoxy) is 2. The number of piperidine rings is 1. The number of amides is 4. The van der Waals surface area contributed by atoms with E-state index >= 15 is 0 Å². The first-order chi connectivity index (χ1) is 26.0. The lowest BCUT2D eigenvalue weighted by Gasteiger charge is -2.36. The third-order valence-electron chi connectivity index (χ3n) is 10.3. The SMILES string of the molecule is CC(C)(c1ccc(OCc2ccc(F)c(-n3ccnn3)n2)cc1)c1ccc(OC2CC(Nc3ccc4c(c3)C(=O)N(C3CCC(=O)NC3=O)C4=O)C2)cc1. The molecule has 3 aromatic carbocycles. The summed E-state index contributed by atoms with van der Waals surface area (Å²) in [5.74, 6) is -1.10. The summed E-state index contributed by atoms with van der Waals surface area (Å²) in [5, 5.41) is 13.2. The molecule has 3 aliphatic rings. The highest BCUT2D eigenvalue weighted by molar-refractivity contribution is 6.23. The van der Waals surface area contributed by atoms with Crippen LogP contribution < -0.4 is 20.1 Å². The summed E-state index contributed by atoms with van der Waals surface area (Å²) in [6.45, 7) is 4.47. The van der Waals surface area contributed by atoms with Crippen LogP contribution in [0.3, 0.4) is 0 Å². The summed E-state index contributed by atoms with van der Waals surface area (Å²) >= 11 is 0. The highest BCUT2D eigenvalue weighted by atomic mass is 19.1. The number of fused-ring (bicyclic) bond motifs is 1. The van der Waals surface area contributed by atoms with Crippen LogP contribution in [-0.2, 0) is 21.6 Å². The van der Waals surface area contributed by atoms with Crippen LogP contribution in [0.25, 0.3) is 5.82 Å². The van der Waals surface area contributed by atoms with E-state index in [1.165, 1.54) is 23.1 Å². The van der Waals surface area contributed by atoms with Gasteiger partial charge in [-0.2, -0.15) is 4.68 Å². The summed E-state index contributed by atoms with van der Waals surface area (Å²) < 4.78 is 27.7. The van der Waals surface area contributed by atoms with Gasteiger partial charge in [-0.1, -0.05) is 43.3 Å². The molecule has 274 valence electrons. The first-order valence-corrected chi connectivity index (χ1v) is 17.7. The second-order valence-electron chi connectivity index (χ2n) is 14.2. The van der Waals surface area contributed by atoms with Crippen molar-refractivity contribution < 1.29 is 33.0 Å². The number of pyridine rings is 1. The standard InChI is InChI=1S/C40H36FN7O6/c1-40(2,23-3-9-28(10-4-23)53-22-26-8-14-33(41)36(44-26)47-18-17-42-46-47)24-5-11-29(12-6-24)54-30-19-27(20-30)43-25-7-13-31-32(21-25)39(52)48(38(31)51)34-15-16-35(49)45-37(34)50/h3-14,17-18,21,27,30,34,43H,15-16,19-20,22H2,1-2H3,(H,45,49,50). The van der Waals surface area contributed by atoms with Crippen LogP contribution in [0, 0.1) is 5.82 Å². The monoisotopic (exact) mass is 729 g/mol. The Hall–Kier alpha value is -6.44. The third-order valence-corrected chi connectivity index (χ3v) is 10.3. The zero-order chi connectivity index (χ0) is 37.6. The van der Waals surface area contributed by atoms with Crippen molar-refractivity contribution in [3.05, 3.63) is 125 Å². The maximum absolute atomic E-state index is 14.3. The van der Waals surface area contributed by atoms with Crippen molar-refractivity contribution in [2.24, 2.45) is 0 Å². The molecule has 1 unspecified atom stereocenters. The van der Waals surface area contributed by atoms with Gasteiger partial charge < -0.3 is 14.8 Å². The van der Waals surface area contributed by atoms with Crippen molar-refractivity contribution in [3.8, 4) is 17.3 Å². The average molecular weight is 730 g/mol. The molecule has 2 fully saturated rings. The molecule has 0 bridgehead atoms. The Bertz CT molecular complexity index is 2250. The predicted octanol–water partition coefficient (Wildman–Crippen LogP) is 5.13. The number of halogens is 1. The number of nitrogens with one attached hydrogen (secondary N) is 2. The van der Waals surface area contributed by atoms with Gasteiger partial charge in [-0.05, 0) is 72.1 Å². The number of carbonyl (C=O) groups excluding carboxylic acids is 4. The molecular weight excluding hydrogens is 693 g/mol. The topological polar surface area (TPSA) is 158 Å². The predicted molar refractivity (Wildman–Crippen MR) is 193 cm³/mol.